The monoisotopic (exact) mass is 413 g/mol. The topological polar surface area (TPSA) is 85.7 Å². The maximum atomic E-state index is 5.53. The molecule has 0 saturated carbocycles. The predicted octanol–water partition coefficient (Wildman–Crippen LogP) is 3.99. The molecule has 3 rings (SSSR count). The summed E-state index contributed by atoms with van der Waals surface area (Å²) in [6, 6.07) is 13.2. The van der Waals surface area contributed by atoms with Crippen LogP contribution in [0.4, 0.5) is 0 Å². The zero-order chi connectivity index (χ0) is 20.6. The molecule has 0 aliphatic heterocycles. The fraction of sp³-hybridized carbons (Fsp3) is 0.250. The third-order valence-electron chi connectivity index (χ3n) is 3.95. The first-order chi connectivity index (χ1) is 14.2. The van der Waals surface area contributed by atoms with Crippen LogP contribution in [-0.4, -0.2) is 41.4 Å². The number of hydrogen-bond donors (Lipinski definition) is 2. The van der Waals surface area contributed by atoms with Crippen molar-refractivity contribution in [2.75, 3.05) is 25.9 Å². The van der Waals surface area contributed by atoms with Gasteiger partial charge in [0.2, 0.25) is 4.77 Å². The molecular formula is C20H23N5O3S. The van der Waals surface area contributed by atoms with E-state index in [-0.39, 0.29) is 0 Å². The van der Waals surface area contributed by atoms with Crippen molar-refractivity contribution in [3.05, 3.63) is 52.8 Å². The summed E-state index contributed by atoms with van der Waals surface area (Å²) >= 11 is 5.30. The second kappa shape index (κ2) is 9.74. The van der Waals surface area contributed by atoms with Gasteiger partial charge in [-0.25, -0.2) is 10.6 Å². The lowest BCUT2D eigenvalue weighted by atomic mass is 10.2. The van der Waals surface area contributed by atoms with Crippen LogP contribution in [0.1, 0.15) is 19.4 Å². The van der Waals surface area contributed by atoms with E-state index in [1.807, 2.05) is 56.3 Å². The Bertz CT molecular complexity index is 1030. The Labute approximate surface area is 174 Å². The van der Waals surface area contributed by atoms with Gasteiger partial charge in [-0.05, 0) is 74.1 Å². The molecule has 0 radical (unpaired) electrons. The van der Waals surface area contributed by atoms with Crippen LogP contribution < -0.4 is 19.7 Å². The highest BCUT2D eigenvalue weighted by Gasteiger charge is 2.09. The van der Waals surface area contributed by atoms with Gasteiger partial charge < -0.3 is 14.2 Å². The zero-order valence-corrected chi connectivity index (χ0v) is 17.3. The van der Waals surface area contributed by atoms with E-state index in [4.69, 9.17) is 26.4 Å². The average Bonchev–Trinajstić information content (AvgIpc) is 3.10. The van der Waals surface area contributed by atoms with Gasteiger partial charge in [-0.2, -0.15) is 14.9 Å². The molecule has 0 saturated heterocycles. The summed E-state index contributed by atoms with van der Waals surface area (Å²) < 4.78 is 18.3. The highest BCUT2D eigenvalue weighted by Crippen LogP contribution is 2.27. The SMILES string of the molecule is CCOc1ccc(-c2n[nH]c(=S)n2N/N=C/c2ccc(OCC)c(OC)c2)cc1. The first kappa shape index (κ1) is 20.4. The fourth-order valence-corrected chi connectivity index (χ4v) is 2.82. The van der Waals surface area contributed by atoms with Gasteiger partial charge in [-0.1, -0.05) is 0 Å². The molecule has 3 aromatic rings. The van der Waals surface area contributed by atoms with Crippen LogP contribution in [0.5, 0.6) is 17.2 Å². The number of aromatic nitrogens is 3. The first-order valence-electron chi connectivity index (χ1n) is 9.16. The third kappa shape index (κ3) is 4.94. The molecule has 1 aromatic heterocycles. The van der Waals surface area contributed by atoms with Crippen LogP contribution in [0.25, 0.3) is 11.4 Å². The average molecular weight is 414 g/mol. The molecule has 2 aromatic carbocycles. The maximum absolute atomic E-state index is 5.53. The van der Waals surface area contributed by atoms with Gasteiger partial charge in [0.1, 0.15) is 5.75 Å². The number of nitrogens with one attached hydrogen (secondary N) is 2. The van der Waals surface area contributed by atoms with Crippen molar-refractivity contribution >= 4 is 18.4 Å². The van der Waals surface area contributed by atoms with Crippen molar-refractivity contribution in [1.82, 2.24) is 14.9 Å². The minimum atomic E-state index is 0.398. The van der Waals surface area contributed by atoms with Crippen molar-refractivity contribution in [3.8, 4) is 28.6 Å². The quantitative estimate of drug-likeness (QED) is 0.313. The van der Waals surface area contributed by atoms with Crippen molar-refractivity contribution < 1.29 is 14.2 Å². The van der Waals surface area contributed by atoms with Crippen LogP contribution in [0, 0.1) is 4.77 Å². The summed E-state index contributed by atoms with van der Waals surface area (Å²) in [6.07, 6.45) is 1.66. The number of hydrazone groups is 1. The molecule has 8 nitrogen and oxygen atoms in total. The number of aromatic amines is 1. The summed E-state index contributed by atoms with van der Waals surface area (Å²) in [5, 5.41) is 11.3. The number of H-pyrrole nitrogens is 1. The predicted molar refractivity (Wildman–Crippen MR) is 115 cm³/mol. The second-order valence-corrected chi connectivity index (χ2v) is 6.23. The summed E-state index contributed by atoms with van der Waals surface area (Å²) in [7, 11) is 1.60. The highest BCUT2D eigenvalue weighted by atomic mass is 32.1. The highest BCUT2D eigenvalue weighted by molar-refractivity contribution is 7.71. The Hall–Kier alpha value is -3.33. The van der Waals surface area contributed by atoms with E-state index >= 15 is 0 Å². The molecule has 152 valence electrons. The molecule has 0 fully saturated rings. The van der Waals surface area contributed by atoms with Crippen molar-refractivity contribution in [3.63, 3.8) is 0 Å². The first-order valence-corrected chi connectivity index (χ1v) is 9.57. The normalized spacial score (nSPS) is 10.9. The molecule has 1 heterocycles. The van der Waals surface area contributed by atoms with Gasteiger partial charge in [0.05, 0.1) is 26.5 Å². The van der Waals surface area contributed by atoms with Gasteiger partial charge in [0.25, 0.3) is 0 Å². The van der Waals surface area contributed by atoms with Gasteiger partial charge in [0, 0.05) is 5.56 Å². The molecule has 0 spiro atoms. The van der Waals surface area contributed by atoms with E-state index in [1.54, 1.807) is 18.0 Å². The van der Waals surface area contributed by atoms with Gasteiger partial charge in [-0.15, -0.1) is 0 Å². The van der Waals surface area contributed by atoms with E-state index in [0.717, 1.165) is 16.9 Å². The molecule has 0 bridgehead atoms. The molecule has 0 unspecified atom stereocenters. The van der Waals surface area contributed by atoms with Crippen LogP contribution in [0.3, 0.4) is 0 Å². The van der Waals surface area contributed by atoms with E-state index in [0.29, 0.717) is 35.3 Å². The Morgan fingerprint density at radius 1 is 1.10 bits per heavy atom. The second-order valence-electron chi connectivity index (χ2n) is 5.85. The number of hydrogen-bond acceptors (Lipinski definition) is 7. The van der Waals surface area contributed by atoms with E-state index in [2.05, 4.69) is 20.8 Å². The summed E-state index contributed by atoms with van der Waals surface area (Å²) in [4.78, 5) is 0. The number of methoxy groups -OCH3 is 1. The van der Waals surface area contributed by atoms with Crippen LogP contribution in [0.15, 0.2) is 47.6 Å². The summed E-state index contributed by atoms with van der Waals surface area (Å²) in [5.74, 6) is 2.74. The fourth-order valence-electron chi connectivity index (χ4n) is 2.65. The smallest absolute Gasteiger partial charge is 0.216 e. The molecule has 0 aliphatic carbocycles. The minimum Gasteiger partial charge on any atom is -0.494 e. The molecule has 9 heteroatoms. The Balaban J connectivity index is 1.77. The maximum Gasteiger partial charge on any atom is 0.216 e. The lowest BCUT2D eigenvalue weighted by Crippen LogP contribution is -2.10. The van der Waals surface area contributed by atoms with Gasteiger partial charge in [0.15, 0.2) is 17.3 Å². The zero-order valence-electron chi connectivity index (χ0n) is 16.5. The van der Waals surface area contributed by atoms with Crippen molar-refractivity contribution in [2.45, 2.75) is 13.8 Å². The van der Waals surface area contributed by atoms with Crippen molar-refractivity contribution in [1.29, 1.82) is 0 Å². The molecule has 29 heavy (non-hydrogen) atoms. The Kier molecular flexibility index (Phi) is 6.85. The van der Waals surface area contributed by atoms with Gasteiger partial charge >= 0.3 is 0 Å². The number of nitrogens with zero attached hydrogens (tertiary/aromatic N) is 3. The Morgan fingerprint density at radius 3 is 2.55 bits per heavy atom. The summed E-state index contributed by atoms with van der Waals surface area (Å²) in [6.45, 7) is 5.05. The van der Waals surface area contributed by atoms with Crippen LogP contribution in [-0.2, 0) is 0 Å². The van der Waals surface area contributed by atoms with E-state index in [9.17, 15) is 0 Å². The standard InChI is InChI=1S/C20H23N5O3S/c1-4-27-16-9-7-15(8-10-16)19-22-23-20(29)25(19)24-21-13-14-6-11-17(28-5-2)18(12-14)26-3/h6-13,24H,4-5H2,1-3H3,(H,23,29)/b21-13+. The lowest BCUT2D eigenvalue weighted by molar-refractivity contribution is 0.311. The number of ether oxygens (including phenoxy) is 3. The summed E-state index contributed by atoms with van der Waals surface area (Å²) in [5.41, 5.74) is 4.62. The molecule has 0 atom stereocenters. The molecule has 2 N–H and O–H groups in total. The molecule has 0 amide bonds. The van der Waals surface area contributed by atoms with Crippen LogP contribution in [0.2, 0.25) is 0 Å². The van der Waals surface area contributed by atoms with Crippen LogP contribution >= 0.6 is 12.2 Å². The van der Waals surface area contributed by atoms with E-state index < -0.39 is 0 Å². The van der Waals surface area contributed by atoms with Gasteiger partial charge in [-0.3, -0.25) is 0 Å². The minimum absolute atomic E-state index is 0.398. The molecular weight excluding hydrogens is 390 g/mol. The third-order valence-corrected chi connectivity index (χ3v) is 4.23. The lowest BCUT2D eigenvalue weighted by Gasteiger charge is -2.09. The Morgan fingerprint density at radius 2 is 1.86 bits per heavy atom. The van der Waals surface area contributed by atoms with Crippen molar-refractivity contribution in [2.24, 2.45) is 5.10 Å². The largest absolute Gasteiger partial charge is 0.494 e. The number of benzene rings is 2. The molecule has 0 aliphatic rings. The number of rotatable bonds is 9. The van der Waals surface area contributed by atoms with E-state index in [1.165, 1.54) is 0 Å².